The molecule has 0 amide bonds. The monoisotopic (exact) mass is 299 g/mol. The molecule has 1 aromatic carbocycles. The zero-order valence-corrected chi connectivity index (χ0v) is 11.7. The highest BCUT2D eigenvalue weighted by atomic mass is 35.5. The molecule has 7 heteroatoms. The number of nitrogens with zero attached hydrogens (tertiary/aromatic N) is 1. The molecule has 0 unspecified atom stereocenters. The third kappa shape index (κ3) is 3.01. The molecule has 108 valence electrons. The van der Waals surface area contributed by atoms with Crippen LogP contribution in [0.15, 0.2) is 18.2 Å². The maximum absolute atomic E-state index is 11.4. The summed E-state index contributed by atoms with van der Waals surface area (Å²) in [6, 6.07) is 4.02. The average molecular weight is 300 g/mol. The van der Waals surface area contributed by atoms with E-state index in [2.05, 4.69) is 4.74 Å². The molecule has 0 spiro atoms. The number of hydrogen-bond donors (Lipinski definition) is 0. The van der Waals surface area contributed by atoms with Gasteiger partial charge in [-0.05, 0) is 25.3 Å². The van der Waals surface area contributed by atoms with Crippen molar-refractivity contribution in [2.75, 3.05) is 7.11 Å². The molecule has 0 heterocycles. The summed E-state index contributed by atoms with van der Waals surface area (Å²) in [5, 5.41) is 10.8. The minimum Gasteiger partial charge on any atom is -0.485 e. The van der Waals surface area contributed by atoms with E-state index >= 15 is 0 Å². The van der Waals surface area contributed by atoms with Crippen LogP contribution in [0.25, 0.3) is 0 Å². The van der Waals surface area contributed by atoms with Gasteiger partial charge < -0.3 is 9.47 Å². The summed E-state index contributed by atoms with van der Waals surface area (Å²) in [6.45, 7) is 0. The van der Waals surface area contributed by atoms with Crippen molar-refractivity contribution in [1.82, 2.24) is 0 Å². The summed E-state index contributed by atoms with van der Waals surface area (Å²) in [6.07, 6.45) is 2.57. The van der Waals surface area contributed by atoms with Gasteiger partial charge in [0.1, 0.15) is 11.4 Å². The summed E-state index contributed by atoms with van der Waals surface area (Å²) in [7, 11) is 1.33. The standard InChI is InChI=1S/C13H14ClNO5/c1-19-12(16)8-13(5-2-6-13)20-11-4-3-9(15(17)18)7-10(11)14/h3-4,7H,2,5-6,8H2,1H3. The van der Waals surface area contributed by atoms with Gasteiger partial charge >= 0.3 is 5.97 Å². The number of benzene rings is 1. The number of nitro groups is 1. The second-order valence-corrected chi connectivity index (χ2v) is 5.17. The topological polar surface area (TPSA) is 78.7 Å². The molecular formula is C13H14ClNO5. The first-order chi connectivity index (χ1) is 9.46. The van der Waals surface area contributed by atoms with Gasteiger partial charge in [-0.1, -0.05) is 11.6 Å². The van der Waals surface area contributed by atoms with E-state index in [1.165, 1.54) is 25.3 Å². The van der Waals surface area contributed by atoms with Crippen LogP contribution in [0.4, 0.5) is 5.69 Å². The highest BCUT2D eigenvalue weighted by Gasteiger charge is 2.42. The average Bonchev–Trinajstić information content (AvgIpc) is 2.37. The molecule has 0 bridgehead atoms. The highest BCUT2D eigenvalue weighted by Crippen LogP contribution is 2.42. The molecule has 0 N–H and O–H groups in total. The van der Waals surface area contributed by atoms with Crippen molar-refractivity contribution in [3.63, 3.8) is 0 Å². The molecule has 0 aliphatic heterocycles. The minimum absolute atomic E-state index is 0.0991. The van der Waals surface area contributed by atoms with Gasteiger partial charge in [-0.15, -0.1) is 0 Å². The van der Waals surface area contributed by atoms with Crippen molar-refractivity contribution in [3.8, 4) is 5.75 Å². The fourth-order valence-corrected chi connectivity index (χ4v) is 2.35. The van der Waals surface area contributed by atoms with Crippen LogP contribution in [-0.2, 0) is 9.53 Å². The largest absolute Gasteiger partial charge is 0.485 e. The number of carbonyl (C=O) groups is 1. The Morgan fingerprint density at radius 3 is 2.65 bits per heavy atom. The molecule has 20 heavy (non-hydrogen) atoms. The van der Waals surface area contributed by atoms with Gasteiger partial charge in [0.15, 0.2) is 0 Å². The van der Waals surface area contributed by atoms with Crippen LogP contribution in [0.1, 0.15) is 25.7 Å². The second kappa shape index (κ2) is 5.66. The Bertz CT molecular complexity index is 542. The lowest BCUT2D eigenvalue weighted by atomic mass is 9.77. The van der Waals surface area contributed by atoms with Gasteiger partial charge in [0, 0.05) is 12.1 Å². The Morgan fingerprint density at radius 1 is 1.50 bits per heavy atom. The van der Waals surface area contributed by atoms with Gasteiger partial charge in [0.05, 0.1) is 23.5 Å². The molecule has 1 saturated carbocycles. The normalized spacial score (nSPS) is 16.1. The predicted octanol–water partition coefficient (Wildman–Crippen LogP) is 3.11. The van der Waals surface area contributed by atoms with Crippen molar-refractivity contribution < 1.29 is 19.2 Å². The van der Waals surface area contributed by atoms with Crippen LogP contribution >= 0.6 is 11.6 Å². The zero-order chi connectivity index (χ0) is 14.8. The maximum atomic E-state index is 11.4. The first kappa shape index (κ1) is 14.6. The smallest absolute Gasteiger partial charge is 0.309 e. The Labute approximate surface area is 120 Å². The number of rotatable bonds is 5. The van der Waals surface area contributed by atoms with Crippen molar-refractivity contribution in [2.24, 2.45) is 0 Å². The lowest BCUT2D eigenvalue weighted by Crippen LogP contribution is -2.45. The van der Waals surface area contributed by atoms with E-state index in [1.807, 2.05) is 0 Å². The molecule has 1 aromatic rings. The quantitative estimate of drug-likeness (QED) is 0.474. The van der Waals surface area contributed by atoms with E-state index in [0.717, 1.165) is 19.3 Å². The Balaban J connectivity index is 2.16. The summed E-state index contributed by atoms with van der Waals surface area (Å²) >= 11 is 5.99. The lowest BCUT2D eigenvalue weighted by molar-refractivity contribution is -0.384. The van der Waals surface area contributed by atoms with Gasteiger partial charge in [0.2, 0.25) is 0 Å². The second-order valence-electron chi connectivity index (χ2n) is 4.76. The predicted molar refractivity (Wildman–Crippen MR) is 71.9 cm³/mol. The van der Waals surface area contributed by atoms with Gasteiger partial charge in [0.25, 0.3) is 5.69 Å². The van der Waals surface area contributed by atoms with Crippen LogP contribution in [0.2, 0.25) is 5.02 Å². The van der Waals surface area contributed by atoms with Crippen molar-refractivity contribution >= 4 is 23.3 Å². The van der Waals surface area contributed by atoms with Crippen molar-refractivity contribution in [1.29, 1.82) is 0 Å². The third-order valence-electron chi connectivity index (χ3n) is 3.41. The number of carbonyl (C=O) groups excluding carboxylic acids is 1. The first-order valence-electron chi connectivity index (χ1n) is 6.15. The van der Waals surface area contributed by atoms with Crippen LogP contribution in [0, 0.1) is 10.1 Å². The van der Waals surface area contributed by atoms with E-state index in [4.69, 9.17) is 16.3 Å². The number of halogens is 1. The number of nitro benzene ring substituents is 1. The van der Waals surface area contributed by atoms with Crippen LogP contribution < -0.4 is 4.74 Å². The molecule has 6 nitrogen and oxygen atoms in total. The van der Waals surface area contributed by atoms with Crippen molar-refractivity contribution in [3.05, 3.63) is 33.3 Å². The highest BCUT2D eigenvalue weighted by molar-refractivity contribution is 6.32. The van der Waals surface area contributed by atoms with Crippen LogP contribution in [0.3, 0.4) is 0 Å². The van der Waals surface area contributed by atoms with Gasteiger partial charge in [-0.2, -0.15) is 0 Å². The summed E-state index contributed by atoms with van der Waals surface area (Å²) < 4.78 is 10.5. The molecule has 0 saturated heterocycles. The molecular weight excluding hydrogens is 286 g/mol. The Morgan fingerprint density at radius 2 is 2.20 bits per heavy atom. The minimum atomic E-state index is -0.604. The van der Waals surface area contributed by atoms with E-state index in [-0.39, 0.29) is 23.1 Å². The summed E-state index contributed by atoms with van der Waals surface area (Å²) in [4.78, 5) is 21.5. The van der Waals surface area contributed by atoms with E-state index < -0.39 is 10.5 Å². The molecule has 1 aliphatic rings. The van der Waals surface area contributed by atoms with Crippen molar-refractivity contribution in [2.45, 2.75) is 31.3 Å². The number of non-ortho nitro benzene ring substituents is 1. The van der Waals surface area contributed by atoms with E-state index in [0.29, 0.717) is 5.75 Å². The third-order valence-corrected chi connectivity index (χ3v) is 3.71. The van der Waals surface area contributed by atoms with Crippen LogP contribution in [-0.4, -0.2) is 23.6 Å². The maximum Gasteiger partial charge on any atom is 0.309 e. The molecule has 1 fully saturated rings. The zero-order valence-electron chi connectivity index (χ0n) is 10.9. The SMILES string of the molecule is COC(=O)CC1(Oc2ccc([N+](=O)[O-])cc2Cl)CCC1. The molecule has 0 aromatic heterocycles. The molecule has 1 aliphatic carbocycles. The molecule has 0 atom stereocenters. The summed E-state index contributed by atoms with van der Waals surface area (Å²) in [5.74, 6) is 0.00334. The first-order valence-corrected chi connectivity index (χ1v) is 6.53. The molecule has 0 radical (unpaired) electrons. The van der Waals surface area contributed by atoms with Crippen LogP contribution in [0.5, 0.6) is 5.75 Å². The van der Waals surface area contributed by atoms with E-state index in [9.17, 15) is 14.9 Å². The fourth-order valence-electron chi connectivity index (χ4n) is 2.14. The van der Waals surface area contributed by atoms with E-state index in [1.54, 1.807) is 0 Å². The number of methoxy groups -OCH3 is 1. The number of esters is 1. The number of hydrogen-bond acceptors (Lipinski definition) is 5. The van der Waals surface area contributed by atoms with Gasteiger partial charge in [-0.25, -0.2) is 0 Å². The molecule has 2 rings (SSSR count). The fraction of sp³-hybridized carbons (Fsp3) is 0.462. The number of ether oxygens (including phenoxy) is 2. The van der Waals surface area contributed by atoms with Gasteiger partial charge in [-0.3, -0.25) is 14.9 Å². The Kier molecular flexibility index (Phi) is 4.13. The lowest BCUT2D eigenvalue weighted by Gasteiger charge is -2.41. The summed E-state index contributed by atoms with van der Waals surface area (Å²) in [5.41, 5.74) is -0.703. The Hall–Kier alpha value is -1.82.